The number of halogens is 1. The molecule has 0 saturated carbocycles. The molecule has 162 valence electrons. The Hall–Kier alpha value is -2.83. The number of nitrogens with zero attached hydrogens (tertiary/aromatic N) is 2. The first-order chi connectivity index (χ1) is 14.8. The van der Waals surface area contributed by atoms with Crippen molar-refractivity contribution in [3.8, 4) is 5.75 Å². The molecule has 7 heteroatoms. The maximum absolute atomic E-state index is 13.0. The van der Waals surface area contributed by atoms with Crippen LogP contribution in [0.3, 0.4) is 0 Å². The Morgan fingerprint density at radius 3 is 2.71 bits per heavy atom. The van der Waals surface area contributed by atoms with E-state index in [1.54, 1.807) is 30.3 Å². The number of likely N-dealkylation sites (N-methyl/N-ethyl adjacent to an activating group) is 1. The van der Waals surface area contributed by atoms with Crippen molar-refractivity contribution in [2.24, 2.45) is 0 Å². The highest BCUT2D eigenvalue weighted by atomic mass is 35.5. The number of Topliss-reactive ketones (excluding diaryl/α,β-unsaturated/α-hetero) is 1. The number of amides is 1. The smallest absolute Gasteiger partial charge is 0.295 e. The first-order valence-corrected chi connectivity index (χ1v) is 10.6. The number of carbonyl (C=O) groups is 2. The highest BCUT2D eigenvalue weighted by Gasteiger charge is 2.46. The Balaban J connectivity index is 1.82. The molecule has 0 aromatic heterocycles. The fraction of sp³-hybridized carbons (Fsp3) is 0.333. The first-order valence-electron chi connectivity index (χ1n) is 10.2. The minimum absolute atomic E-state index is 0.0653. The number of aliphatic hydroxyl groups is 1. The summed E-state index contributed by atoms with van der Waals surface area (Å²) in [6.07, 6.45) is 0.793. The fourth-order valence-corrected chi connectivity index (χ4v) is 4.37. The molecule has 2 unspecified atom stereocenters. The number of carbonyl (C=O) groups excluding carboxylic acids is 2. The van der Waals surface area contributed by atoms with Crippen molar-refractivity contribution >= 4 is 29.1 Å². The number of ether oxygens (including phenoxy) is 1. The van der Waals surface area contributed by atoms with E-state index >= 15 is 0 Å². The van der Waals surface area contributed by atoms with Gasteiger partial charge >= 0.3 is 0 Å². The molecule has 0 radical (unpaired) electrons. The second-order valence-corrected chi connectivity index (χ2v) is 8.74. The van der Waals surface area contributed by atoms with Gasteiger partial charge in [0.2, 0.25) is 0 Å². The van der Waals surface area contributed by atoms with E-state index < -0.39 is 17.7 Å². The van der Waals surface area contributed by atoms with Gasteiger partial charge in [0.25, 0.3) is 11.7 Å². The molecule has 4 rings (SSSR count). The third kappa shape index (κ3) is 4.05. The highest BCUT2D eigenvalue weighted by Crippen LogP contribution is 2.41. The van der Waals surface area contributed by atoms with Gasteiger partial charge in [0.05, 0.1) is 11.6 Å². The standard InChI is InChI=1S/C24H25ClN2O4/c1-14-11-17-12-16(7-8-19(17)31-14)22(28)20-21(15-5-4-6-18(25)13-15)27(10-9-26(2)3)24(30)23(20)29/h4-8,12-14,21,28H,9-11H2,1-3H3/b22-20-. The topological polar surface area (TPSA) is 70.1 Å². The SMILES string of the molecule is CC1Cc2cc(/C(O)=C3/C(=O)C(=O)N(CCN(C)C)C3c3cccc(Cl)c3)ccc2O1. The van der Waals surface area contributed by atoms with E-state index in [-0.39, 0.29) is 17.4 Å². The lowest BCUT2D eigenvalue weighted by atomic mass is 9.94. The van der Waals surface area contributed by atoms with Crippen molar-refractivity contribution in [2.45, 2.75) is 25.5 Å². The Kier molecular flexibility index (Phi) is 5.77. The molecule has 0 aliphatic carbocycles. The molecular weight excluding hydrogens is 416 g/mol. The molecule has 31 heavy (non-hydrogen) atoms. The molecule has 1 fully saturated rings. The number of hydrogen-bond donors (Lipinski definition) is 1. The normalized spacial score (nSPS) is 22.2. The lowest BCUT2D eigenvalue weighted by Crippen LogP contribution is -2.35. The number of benzene rings is 2. The first kappa shape index (κ1) is 21.4. The zero-order chi connectivity index (χ0) is 22.3. The van der Waals surface area contributed by atoms with Crippen LogP contribution >= 0.6 is 11.6 Å². The molecule has 2 atom stereocenters. The second-order valence-electron chi connectivity index (χ2n) is 8.31. The number of likely N-dealkylation sites (tertiary alicyclic amines) is 1. The maximum atomic E-state index is 13.0. The zero-order valence-corrected chi connectivity index (χ0v) is 18.5. The quantitative estimate of drug-likeness (QED) is 0.436. The molecule has 2 heterocycles. The number of ketones is 1. The van der Waals surface area contributed by atoms with Crippen LogP contribution in [0, 0.1) is 0 Å². The van der Waals surface area contributed by atoms with E-state index in [1.807, 2.05) is 38.1 Å². The predicted octanol–water partition coefficient (Wildman–Crippen LogP) is 3.65. The van der Waals surface area contributed by atoms with Crippen molar-refractivity contribution in [2.75, 3.05) is 27.2 Å². The summed E-state index contributed by atoms with van der Waals surface area (Å²) in [5.41, 5.74) is 2.23. The summed E-state index contributed by atoms with van der Waals surface area (Å²) in [4.78, 5) is 29.4. The minimum Gasteiger partial charge on any atom is -0.507 e. The monoisotopic (exact) mass is 440 g/mol. The summed E-state index contributed by atoms with van der Waals surface area (Å²) in [7, 11) is 3.80. The summed E-state index contributed by atoms with van der Waals surface area (Å²) in [6, 6.07) is 11.7. The van der Waals surface area contributed by atoms with Crippen LogP contribution in [-0.2, 0) is 16.0 Å². The van der Waals surface area contributed by atoms with Crippen LogP contribution in [0.5, 0.6) is 5.75 Å². The van der Waals surface area contributed by atoms with E-state index in [0.717, 1.165) is 17.7 Å². The second kappa shape index (κ2) is 8.36. The van der Waals surface area contributed by atoms with Crippen molar-refractivity contribution in [3.05, 3.63) is 69.8 Å². The largest absolute Gasteiger partial charge is 0.507 e. The Bertz CT molecular complexity index is 1080. The van der Waals surface area contributed by atoms with E-state index in [0.29, 0.717) is 29.2 Å². The summed E-state index contributed by atoms with van der Waals surface area (Å²) in [5.74, 6) is -0.710. The molecule has 1 amide bonds. The molecule has 6 nitrogen and oxygen atoms in total. The van der Waals surface area contributed by atoms with Crippen LogP contribution in [0.2, 0.25) is 5.02 Å². The number of rotatable bonds is 5. The number of fused-ring (bicyclic) bond motifs is 1. The van der Waals surface area contributed by atoms with Crippen molar-refractivity contribution in [1.29, 1.82) is 0 Å². The van der Waals surface area contributed by atoms with E-state index in [9.17, 15) is 14.7 Å². The van der Waals surface area contributed by atoms with Crippen molar-refractivity contribution < 1.29 is 19.4 Å². The molecular formula is C24H25ClN2O4. The molecule has 0 bridgehead atoms. The van der Waals surface area contributed by atoms with Crippen molar-refractivity contribution in [3.63, 3.8) is 0 Å². The number of aliphatic hydroxyl groups excluding tert-OH is 1. The average molecular weight is 441 g/mol. The van der Waals surface area contributed by atoms with Gasteiger partial charge in [0.15, 0.2) is 0 Å². The van der Waals surface area contributed by atoms with Gasteiger partial charge < -0.3 is 19.6 Å². The molecule has 2 aromatic rings. The van der Waals surface area contributed by atoms with Crippen LogP contribution in [0.25, 0.3) is 5.76 Å². The lowest BCUT2D eigenvalue weighted by Gasteiger charge is -2.26. The van der Waals surface area contributed by atoms with Gasteiger partial charge in [-0.1, -0.05) is 23.7 Å². The Morgan fingerprint density at radius 1 is 1.23 bits per heavy atom. The van der Waals surface area contributed by atoms with Gasteiger partial charge in [-0.25, -0.2) is 0 Å². The third-order valence-electron chi connectivity index (χ3n) is 5.66. The van der Waals surface area contributed by atoms with Crippen LogP contribution in [-0.4, -0.2) is 59.9 Å². The van der Waals surface area contributed by atoms with Crippen molar-refractivity contribution in [1.82, 2.24) is 9.80 Å². The Labute approximate surface area is 186 Å². The van der Waals surface area contributed by atoms with Gasteiger partial charge in [-0.3, -0.25) is 9.59 Å². The van der Waals surface area contributed by atoms with E-state index in [2.05, 4.69) is 0 Å². The molecule has 2 aliphatic rings. The number of hydrogen-bond acceptors (Lipinski definition) is 5. The summed E-state index contributed by atoms with van der Waals surface area (Å²) in [6.45, 7) is 2.91. The average Bonchev–Trinajstić information content (AvgIpc) is 3.22. The van der Waals surface area contributed by atoms with Crippen LogP contribution in [0.15, 0.2) is 48.0 Å². The molecule has 1 saturated heterocycles. The van der Waals surface area contributed by atoms with E-state index in [1.165, 1.54) is 4.90 Å². The van der Waals surface area contributed by atoms with Crippen LogP contribution in [0.1, 0.15) is 29.7 Å². The van der Waals surface area contributed by atoms with Gasteiger partial charge in [-0.05, 0) is 62.5 Å². The predicted molar refractivity (Wildman–Crippen MR) is 119 cm³/mol. The minimum atomic E-state index is -0.706. The van der Waals surface area contributed by atoms with Crippen LogP contribution in [0.4, 0.5) is 0 Å². The molecule has 2 aromatic carbocycles. The van der Waals surface area contributed by atoms with Crippen LogP contribution < -0.4 is 4.74 Å². The zero-order valence-electron chi connectivity index (χ0n) is 17.8. The molecule has 2 aliphatic heterocycles. The van der Waals surface area contributed by atoms with Gasteiger partial charge in [-0.2, -0.15) is 0 Å². The molecule has 0 spiro atoms. The summed E-state index contributed by atoms with van der Waals surface area (Å²) < 4.78 is 5.73. The van der Waals surface area contributed by atoms with Gasteiger partial charge in [0, 0.05) is 30.1 Å². The Morgan fingerprint density at radius 2 is 2.00 bits per heavy atom. The summed E-state index contributed by atoms with van der Waals surface area (Å²) in [5, 5.41) is 11.7. The van der Waals surface area contributed by atoms with E-state index in [4.69, 9.17) is 16.3 Å². The fourth-order valence-electron chi connectivity index (χ4n) is 4.17. The van der Waals surface area contributed by atoms with Gasteiger partial charge in [-0.15, -0.1) is 0 Å². The molecule has 1 N–H and O–H groups in total. The highest BCUT2D eigenvalue weighted by molar-refractivity contribution is 6.46. The maximum Gasteiger partial charge on any atom is 0.295 e. The third-order valence-corrected chi connectivity index (χ3v) is 5.90. The summed E-state index contributed by atoms with van der Waals surface area (Å²) >= 11 is 6.20. The lowest BCUT2D eigenvalue weighted by molar-refractivity contribution is -0.140. The van der Waals surface area contributed by atoms with Gasteiger partial charge in [0.1, 0.15) is 17.6 Å².